The van der Waals surface area contributed by atoms with Crippen LogP contribution < -0.4 is 0 Å². The van der Waals surface area contributed by atoms with Crippen LogP contribution >= 0.6 is 23.4 Å². The van der Waals surface area contributed by atoms with E-state index in [0.717, 1.165) is 4.90 Å². The maximum atomic E-state index is 12.2. The normalized spacial score (nSPS) is 11.8. The third-order valence-corrected chi connectivity index (χ3v) is 4.30. The van der Waals surface area contributed by atoms with E-state index in [4.69, 9.17) is 11.6 Å². The van der Waals surface area contributed by atoms with E-state index in [9.17, 15) is 9.59 Å². The van der Waals surface area contributed by atoms with Gasteiger partial charge in [0.2, 0.25) is 5.91 Å². The number of halogens is 1. The topological polar surface area (TPSA) is 46.6 Å². The number of carbonyl (C=O) groups is 2. The van der Waals surface area contributed by atoms with E-state index in [0.29, 0.717) is 24.4 Å². The second-order valence-electron chi connectivity index (χ2n) is 4.65. The number of hydrogen-bond acceptors (Lipinski definition) is 4. The number of hydrogen-bond donors (Lipinski definition) is 0. The molecule has 116 valence electrons. The zero-order valence-electron chi connectivity index (χ0n) is 12.5. The molecule has 21 heavy (non-hydrogen) atoms. The van der Waals surface area contributed by atoms with Crippen molar-refractivity contribution >= 4 is 35.2 Å². The average molecular weight is 330 g/mol. The Balaban J connectivity index is 2.42. The van der Waals surface area contributed by atoms with Gasteiger partial charge < -0.3 is 9.64 Å². The minimum Gasteiger partial charge on any atom is -0.469 e. The van der Waals surface area contributed by atoms with Gasteiger partial charge in [0.25, 0.3) is 0 Å². The van der Waals surface area contributed by atoms with Crippen LogP contribution in [0.25, 0.3) is 0 Å². The fraction of sp³-hybridized carbons (Fsp3) is 0.467. The molecular formula is C15H20ClNO3S. The van der Waals surface area contributed by atoms with Gasteiger partial charge in [-0.3, -0.25) is 9.59 Å². The van der Waals surface area contributed by atoms with Crippen molar-refractivity contribution in [3.63, 3.8) is 0 Å². The largest absolute Gasteiger partial charge is 0.469 e. The van der Waals surface area contributed by atoms with Gasteiger partial charge in [0.1, 0.15) is 0 Å². The van der Waals surface area contributed by atoms with Gasteiger partial charge >= 0.3 is 5.97 Å². The van der Waals surface area contributed by atoms with Crippen LogP contribution in [-0.4, -0.2) is 42.7 Å². The van der Waals surface area contributed by atoms with Crippen molar-refractivity contribution in [3.8, 4) is 0 Å². The summed E-state index contributed by atoms with van der Waals surface area (Å²) in [6.45, 7) is 2.41. The fourth-order valence-electron chi connectivity index (χ4n) is 1.75. The van der Waals surface area contributed by atoms with Gasteiger partial charge in [0, 0.05) is 29.9 Å². The molecule has 6 heteroatoms. The highest BCUT2D eigenvalue weighted by atomic mass is 35.5. The quantitative estimate of drug-likeness (QED) is 0.569. The van der Waals surface area contributed by atoms with Crippen molar-refractivity contribution in [3.05, 3.63) is 29.3 Å². The van der Waals surface area contributed by atoms with Crippen LogP contribution in [0, 0.1) is 0 Å². The number of nitrogens with zero attached hydrogens (tertiary/aromatic N) is 1. The first kappa shape index (κ1) is 17.9. The Hall–Kier alpha value is -1.20. The highest BCUT2D eigenvalue weighted by Gasteiger charge is 2.18. The standard InChI is InChI=1S/C15H20ClNO3S/c1-11(21-13-8-6-12(16)7-9-13)15(19)17(2)10-4-5-14(18)20-3/h6-9,11H,4-5,10H2,1-3H3. The third-order valence-electron chi connectivity index (χ3n) is 2.95. The van der Waals surface area contributed by atoms with E-state index in [-0.39, 0.29) is 17.1 Å². The average Bonchev–Trinajstić information content (AvgIpc) is 2.48. The molecule has 1 amide bonds. The van der Waals surface area contributed by atoms with Crippen LogP contribution in [0.15, 0.2) is 29.2 Å². The molecule has 0 saturated heterocycles. The molecule has 1 aromatic carbocycles. The Morgan fingerprint density at radius 3 is 2.52 bits per heavy atom. The number of ether oxygens (including phenoxy) is 1. The summed E-state index contributed by atoms with van der Waals surface area (Å²) in [5, 5.41) is 0.493. The first-order chi connectivity index (χ1) is 9.93. The summed E-state index contributed by atoms with van der Waals surface area (Å²) in [7, 11) is 3.11. The van der Waals surface area contributed by atoms with E-state index < -0.39 is 0 Å². The maximum Gasteiger partial charge on any atom is 0.305 e. The smallest absolute Gasteiger partial charge is 0.305 e. The van der Waals surface area contributed by atoms with E-state index in [1.807, 2.05) is 19.1 Å². The number of methoxy groups -OCH3 is 1. The van der Waals surface area contributed by atoms with Gasteiger partial charge in [0.15, 0.2) is 0 Å². The van der Waals surface area contributed by atoms with Crippen LogP contribution in [-0.2, 0) is 14.3 Å². The number of esters is 1. The summed E-state index contributed by atoms with van der Waals surface area (Å²) in [5.41, 5.74) is 0. The lowest BCUT2D eigenvalue weighted by molar-refractivity contribution is -0.141. The molecule has 1 aromatic rings. The lowest BCUT2D eigenvalue weighted by atomic mass is 10.3. The molecule has 1 rings (SSSR count). The Labute approximate surface area is 134 Å². The molecule has 0 fully saturated rings. The van der Waals surface area contributed by atoms with Gasteiger partial charge in [0.05, 0.1) is 12.4 Å². The Morgan fingerprint density at radius 1 is 1.33 bits per heavy atom. The monoisotopic (exact) mass is 329 g/mol. The number of amides is 1. The number of carbonyl (C=O) groups excluding carboxylic acids is 2. The van der Waals surface area contributed by atoms with E-state index in [1.54, 1.807) is 24.1 Å². The van der Waals surface area contributed by atoms with Crippen LogP contribution in [0.2, 0.25) is 5.02 Å². The molecule has 0 aliphatic heterocycles. The molecule has 0 bridgehead atoms. The van der Waals surface area contributed by atoms with Gasteiger partial charge in [-0.1, -0.05) is 11.6 Å². The molecule has 0 aliphatic carbocycles. The van der Waals surface area contributed by atoms with Crippen LogP contribution in [0.1, 0.15) is 19.8 Å². The Morgan fingerprint density at radius 2 is 1.95 bits per heavy atom. The fourth-order valence-corrected chi connectivity index (χ4v) is 2.86. The van der Waals surface area contributed by atoms with Gasteiger partial charge in [-0.2, -0.15) is 0 Å². The van der Waals surface area contributed by atoms with E-state index >= 15 is 0 Å². The van der Waals surface area contributed by atoms with Crippen LogP contribution in [0.4, 0.5) is 0 Å². The van der Waals surface area contributed by atoms with E-state index in [1.165, 1.54) is 18.9 Å². The molecule has 4 nitrogen and oxygen atoms in total. The molecule has 0 spiro atoms. The molecule has 0 N–H and O–H groups in total. The minimum atomic E-state index is -0.251. The summed E-state index contributed by atoms with van der Waals surface area (Å²) in [5.74, 6) is -0.209. The van der Waals surface area contributed by atoms with Gasteiger partial charge in [-0.25, -0.2) is 0 Å². The minimum absolute atomic E-state index is 0.0415. The second-order valence-corrected chi connectivity index (χ2v) is 6.50. The maximum absolute atomic E-state index is 12.2. The number of rotatable bonds is 7. The highest BCUT2D eigenvalue weighted by Crippen LogP contribution is 2.25. The van der Waals surface area contributed by atoms with Crippen molar-refractivity contribution < 1.29 is 14.3 Å². The molecule has 0 aliphatic rings. The van der Waals surface area contributed by atoms with Crippen molar-refractivity contribution in [2.24, 2.45) is 0 Å². The van der Waals surface area contributed by atoms with Crippen molar-refractivity contribution in [1.29, 1.82) is 0 Å². The number of thioether (sulfide) groups is 1. The molecule has 0 aromatic heterocycles. The van der Waals surface area contributed by atoms with Crippen molar-refractivity contribution in [2.75, 3.05) is 20.7 Å². The summed E-state index contributed by atoms with van der Waals surface area (Å²) in [6.07, 6.45) is 0.931. The Bertz CT molecular complexity index is 478. The molecule has 0 saturated carbocycles. The zero-order chi connectivity index (χ0) is 15.8. The summed E-state index contributed by atoms with van der Waals surface area (Å²) in [4.78, 5) is 25.9. The van der Waals surface area contributed by atoms with Gasteiger partial charge in [-0.15, -0.1) is 11.8 Å². The lowest BCUT2D eigenvalue weighted by Gasteiger charge is -2.21. The van der Waals surface area contributed by atoms with Crippen LogP contribution in [0.3, 0.4) is 0 Å². The number of benzene rings is 1. The molecule has 0 heterocycles. The van der Waals surface area contributed by atoms with Gasteiger partial charge in [-0.05, 0) is 37.6 Å². The van der Waals surface area contributed by atoms with E-state index in [2.05, 4.69) is 4.74 Å². The lowest BCUT2D eigenvalue weighted by Crippen LogP contribution is -2.34. The highest BCUT2D eigenvalue weighted by molar-refractivity contribution is 8.00. The van der Waals surface area contributed by atoms with Crippen LogP contribution in [0.5, 0.6) is 0 Å². The third kappa shape index (κ3) is 6.40. The zero-order valence-corrected chi connectivity index (χ0v) is 14.0. The molecule has 1 atom stereocenters. The summed E-state index contributed by atoms with van der Waals surface area (Å²) in [6, 6.07) is 7.41. The molecule has 1 unspecified atom stereocenters. The molecular weight excluding hydrogens is 310 g/mol. The summed E-state index contributed by atoms with van der Waals surface area (Å²) >= 11 is 7.33. The SMILES string of the molecule is COC(=O)CCCN(C)C(=O)C(C)Sc1ccc(Cl)cc1. The Kier molecular flexibility index (Phi) is 7.61. The first-order valence-corrected chi connectivity index (χ1v) is 7.94. The van der Waals surface area contributed by atoms with Crippen molar-refractivity contribution in [1.82, 2.24) is 4.90 Å². The predicted octanol–water partition coefficient (Wildman–Crippen LogP) is 3.23. The second kappa shape index (κ2) is 8.95. The first-order valence-electron chi connectivity index (χ1n) is 6.68. The molecule has 0 radical (unpaired) electrons. The van der Waals surface area contributed by atoms with Crippen molar-refractivity contribution in [2.45, 2.75) is 29.9 Å². The summed E-state index contributed by atoms with van der Waals surface area (Å²) < 4.78 is 4.57. The predicted molar refractivity (Wildman–Crippen MR) is 85.7 cm³/mol.